The van der Waals surface area contributed by atoms with Crippen LogP contribution in [0.15, 0.2) is 23.5 Å². The fourth-order valence-corrected chi connectivity index (χ4v) is 4.05. The highest BCUT2D eigenvalue weighted by atomic mass is 16.5. The monoisotopic (exact) mass is 218 g/mol. The first-order valence-electron chi connectivity index (χ1n) is 6.52. The third-order valence-electron chi connectivity index (χ3n) is 5.20. The zero-order valence-corrected chi connectivity index (χ0v) is 10.8. The summed E-state index contributed by atoms with van der Waals surface area (Å²) in [5, 5.41) is 0. The zero-order chi connectivity index (χ0) is 11.5. The number of fused-ring (bicyclic) bond motifs is 3. The zero-order valence-electron chi connectivity index (χ0n) is 10.8. The molecule has 0 aromatic rings. The maximum absolute atomic E-state index is 5.61. The fourth-order valence-electron chi connectivity index (χ4n) is 4.05. The van der Waals surface area contributed by atoms with Gasteiger partial charge < -0.3 is 4.74 Å². The third kappa shape index (κ3) is 1.23. The molecule has 0 bridgehead atoms. The van der Waals surface area contributed by atoms with Crippen molar-refractivity contribution < 1.29 is 4.74 Å². The van der Waals surface area contributed by atoms with Crippen LogP contribution in [0.25, 0.3) is 0 Å². The molecule has 1 heterocycles. The van der Waals surface area contributed by atoms with Crippen LogP contribution < -0.4 is 0 Å². The van der Waals surface area contributed by atoms with Crippen molar-refractivity contribution in [2.45, 2.75) is 34.1 Å². The molecule has 0 radical (unpaired) electrons. The maximum atomic E-state index is 5.61. The molecule has 1 nitrogen and oxygen atoms in total. The van der Waals surface area contributed by atoms with Gasteiger partial charge in [-0.3, -0.25) is 0 Å². The normalized spacial score (nSPS) is 44.2. The molecule has 4 atom stereocenters. The fraction of sp³-hybridized carbons (Fsp3) is 0.733. The summed E-state index contributed by atoms with van der Waals surface area (Å²) < 4.78 is 5.61. The van der Waals surface area contributed by atoms with Gasteiger partial charge in [-0.1, -0.05) is 26.8 Å². The summed E-state index contributed by atoms with van der Waals surface area (Å²) in [5.41, 5.74) is 3.49. The Balaban J connectivity index is 2.03. The van der Waals surface area contributed by atoms with E-state index in [1.54, 1.807) is 0 Å². The molecule has 0 saturated heterocycles. The molecule has 1 aliphatic heterocycles. The van der Waals surface area contributed by atoms with Crippen molar-refractivity contribution >= 4 is 0 Å². The molecule has 1 unspecified atom stereocenters. The van der Waals surface area contributed by atoms with E-state index in [1.165, 1.54) is 17.6 Å². The van der Waals surface area contributed by atoms with Crippen molar-refractivity contribution in [1.82, 2.24) is 0 Å². The molecule has 2 aliphatic carbocycles. The van der Waals surface area contributed by atoms with Crippen LogP contribution in [0.2, 0.25) is 0 Å². The average Bonchev–Trinajstić information content (AvgIpc) is 2.81. The quantitative estimate of drug-likeness (QED) is 0.601. The summed E-state index contributed by atoms with van der Waals surface area (Å²) >= 11 is 0. The molecular weight excluding hydrogens is 196 g/mol. The number of rotatable bonds is 0. The SMILES string of the molecule is CC1=CC[C@@H]2[C@H](C3C1=COC[C@@H]3C)C2(C)C. The Morgan fingerprint density at radius 1 is 1.38 bits per heavy atom. The van der Waals surface area contributed by atoms with E-state index in [1.807, 2.05) is 6.26 Å². The predicted molar refractivity (Wildman–Crippen MR) is 65.8 cm³/mol. The molecule has 1 fully saturated rings. The number of allylic oxidation sites excluding steroid dienone is 3. The summed E-state index contributed by atoms with van der Waals surface area (Å²) in [4.78, 5) is 0. The molecule has 16 heavy (non-hydrogen) atoms. The van der Waals surface area contributed by atoms with E-state index >= 15 is 0 Å². The van der Waals surface area contributed by atoms with E-state index in [-0.39, 0.29) is 0 Å². The van der Waals surface area contributed by atoms with Gasteiger partial charge in [-0.2, -0.15) is 0 Å². The first-order valence-corrected chi connectivity index (χ1v) is 6.52. The second-order valence-corrected chi connectivity index (χ2v) is 6.49. The summed E-state index contributed by atoms with van der Waals surface area (Å²) in [6.07, 6.45) is 5.73. The Morgan fingerprint density at radius 3 is 2.88 bits per heavy atom. The first-order chi connectivity index (χ1) is 7.53. The van der Waals surface area contributed by atoms with Crippen LogP contribution in [0.4, 0.5) is 0 Å². The lowest BCUT2D eigenvalue weighted by molar-refractivity contribution is 0.131. The van der Waals surface area contributed by atoms with Crippen molar-refractivity contribution in [3.8, 4) is 0 Å². The van der Waals surface area contributed by atoms with Crippen molar-refractivity contribution in [2.24, 2.45) is 29.1 Å². The third-order valence-corrected chi connectivity index (χ3v) is 5.20. The van der Waals surface area contributed by atoms with Crippen molar-refractivity contribution in [1.29, 1.82) is 0 Å². The van der Waals surface area contributed by atoms with Crippen molar-refractivity contribution in [2.75, 3.05) is 6.61 Å². The molecule has 3 rings (SSSR count). The largest absolute Gasteiger partial charge is 0.501 e. The number of ether oxygens (including phenoxy) is 1. The highest BCUT2D eigenvalue weighted by molar-refractivity contribution is 5.37. The molecule has 0 aromatic carbocycles. The van der Waals surface area contributed by atoms with Crippen LogP contribution in [0.5, 0.6) is 0 Å². The van der Waals surface area contributed by atoms with Gasteiger partial charge in [0, 0.05) is 0 Å². The highest BCUT2D eigenvalue weighted by Crippen LogP contribution is 2.67. The van der Waals surface area contributed by atoms with Crippen LogP contribution in [-0.4, -0.2) is 6.61 Å². The second-order valence-electron chi connectivity index (χ2n) is 6.49. The van der Waals surface area contributed by atoms with Gasteiger partial charge in [0.1, 0.15) is 0 Å². The minimum absolute atomic E-state index is 0.548. The number of hydrogen-bond acceptors (Lipinski definition) is 1. The van der Waals surface area contributed by atoms with Gasteiger partial charge in [0.25, 0.3) is 0 Å². The maximum Gasteiger partial charge on any atom is 0.0904 e. The van der Waals surface area contributed by atoms with Gasteiger partial charge in [-0.15, -0.1) is 0 Å². The topological polar surface area (TPSA) is 9.23 Å². The van der Waals surface area contributed by atoms with Crippen LogP contribution in [0.3, 0.4) is 0 Å². The van der Waals surface area contributed by atoms with E-state index in [9.17, 15) is 0 Å². The lowest BCUT2D eigenvalue weighted by Gasteiger charge is -2.31. The lowest BCUT2D eigenvalue weighted by Crippen LogP contribution is -2.26. The van der Waals surface area contributed by atoms with Gasteiger partial charge in [0.05, 0.1) is 12.9 Å². The van der Waals surface area contributed by atoms with E-state index < -0.39 is 0 Å². The molecule has 0 spiro atoms. The molecule has 0 aromatic heterocycles. The van der Waals surface area contributed by atoms with Crippen LogP contribution >= 0.6 is 0 Å². The van der Waals surface area contributed by atoms with Crippen molar-refractivity contribution in [3.63, 3.8) is 0 Å². The minimum Gasteiger partial charge on any atom is -0.501 e. The molecule has 0 N–H and O–H groups in total. The average molecular weight is 218 g/mol. The van der Waals surface area contributed by atoms with E-state index in [4.69, 9.17) is 4.74 Å². The molecule has 88 valence electrons. The van der Waals surface area contributed by atoms with Crippen molar-refractivity contribution in [3.05, 3.63) is 23.5 Å². The molecule has 1 saturated carbocycles. The molecule has 0 amide bonds. The van der Waals surface area contributed by atoms with Crippen LogP contribution in [-0.2, 0) is 4.74 Å². The predicted octanol–water partition coefficient (Wildman–Crippen LogP) is 3.78. The highest BCUT2D eigenvalue weighted by Gasteiger charge is 2.62. The minimum atomic E-state index is 0.548. The van der Waals surface area contributed by atoms with Gasteiger partial charge in [-0.05, 0) is 53.6 Å². The van der Waals surface area contributed by atoms with Crippen LogP contribution in [0, 0.1) is 29.1 Å². The van der Waals surface area contributed by atoms with Gasteiger partial charge in [-0.25, -0.2) is 0 Å². The molecular formula is C15H22O. The lowest BCUT2D eigenvalue weighted by atomic mass is 9.78. The Bertz CT molecular complexity index is 375. The Kier molecular flexibility index (Phi) is 2.05. The Hall–Kier alpha value is -0.720. The van der Waals surface area contributed by atoms with Crippen LogP contribution in [0.1, 0.15) is 34.1 Å². The standard InChI is InChI=1S/C15H22O/c1-9-5-6-12-14(15(12,3)4)13-10(2)7-16-8-11(9)13/h5,8,10,12-14H,6-7H2,1-4H3/t10-,12+,13?,14+/m0/s1. The first kappa shape index (κ1) is 10.4. The van der Waals surface area contributed by atoms with Gasteiger partial charge >= 0.3 is 0 Å². The van der Waals surface area contributed by atoms with E-state index in [0.717, 1.165) is 24.4 Å². The Labute approximate surface area is 98.6 Å². The van der Waals surface area contributed by atoms with E-state index in [0.29, 0.717) is 11.3 Å². The smallest absolute Gasteiger partial charge is 0.0904 e. The Morgan fingerprint density at radius 2 is 2.12 bits per heavy atom. The van der Waals surface area contributed by atoms with E-state index in [2.05, 4.69) is 33.8 Å². The number of hydrogen-bond donors (Lipinski definition) is 0. The summed E-state index contributed by atoms with van der Waals surface area (Å²) in [7, 11) is 0. The summed E-state index contributed by atoms with van der Waals surface area (Å²) in [6.45, 7) is 10.4. The molecule has 1 heteroatoms. The van der Waals surface area contributed by atoms with Gasteiger partial charge in [0.2, 0.25) is 0 Å². The van der Waals surface area contributed by atoms with Gasteiger partial charge in [0.15, 0.2) is 0 Å². The molecule has 3 aliphatic rings. The second kappa shape index (κ2) is 3.15. The summed E-state index contributed by atoms with van der Waals surface area (Å²) in [5.74, 6) is 3.20. The summed E-state index contributed by atoms with van der Waals surface area (Å²) in [6, 6.07) is 0.